The maximum Gasteiger partial charge on any atom is 0.453 e. The van der Waals surface area contributed by atoms with E-state index in [4.69, 9.17) is 0 Å². The monoisotopic (exact) mass is 448 g/mol. The van der Waals surface area contributed by atoms with Crippen LogP contribution in [0.4, 0.5) is 13.2 Å². The number of benzene rings is 1. The van der Waals surface area contributed by atoms with Gasteiger partial charge in [-0.2, -0.15) is 18.2 Å². The number of alkyl halides is 3. The molecule has 3 rings (SSSR count). The predicted molar refractivity (Wildman–Crippen MR) is 110 cm³/mol. The Bertz CT molecular complexity index is 1110. The van der Waals surface area contributed by atoms with Gasteiger partial charge in [-0.15, -0.1) is 5.10 Å². The van der Waals surface area contributed by atoms with Crippen LogP contribution in [0.15, 0.2) is 30.3 Å². The molecule has 0 unspecified atom stereocenters. The summed E-state index contributed by atoms with van der Waals surface area (Å²) >= 11 is 0. The highest BCUT2D eigenvalue weighted by Gasteiger charge is 2.36. The summed E-state index contributed by atoms with van der Waals surface area (Å²) in [6.45, 7) is 3.84. The van der Waals surface area contributed by atoms with Crippen LogP contribution in [0.1, 0.15) is 34.8 Å². The number of carbonyl (C=O) groups is 2. The summed E-state index contributed by atoms with van der Waals surface area (Å²) in [5.41, 5.74) is 2.50. The van der Waals surface area contributed by atoms with Crippen LogP contribution in [-0.4, -0.2) is 44.5 Å². The number of halogens is 3. The van der Waals surface area contributed by atoms with Crippen LogP contribution >= 0.6 is 0 Å². The van der Waals surface area contributed by atoms with E-state index in [1.807, 2.05) is 30.3 Å². The van der Waals surface area contributed by atoms with Crippen molar-refractivity contribution >= 4 is 17.6 Å². The standard InChI is InChI=1S/C21H23F3N6O2/c1-13-16(14(2)30-20(27-13)28-19(29-30)21(22,23)24)8-9-17(31)25-10-11-26-18(32)12-15-6-4-3-5-7-15/h3-7H,8-12H2,1-2H3,(H,25,31)(H,26,32). The molecule has 0 aliphatic carbocycles. The van der Waals surface area contributed by atoms with Crippen molar-refractivity contribution in [3.05, 3.63) is 58.7 Å². The van der Waals surface area contributed by atoms with Gasteiger partial charge in [-0.25, -0.2) is 9.50 Å². The Morgan fingerprint density at radius 3 is 2.31 bits per heavy atom. The number of rotatable bonds is 8. The number of nitrogens with one attached hydrogen (secondary N) is 2. The van der Waals surface area contributed by atoms with Crippen molar-refractivity contribution in [1.29, 1.82) is 0 Å². The molecule has 0 bridgehead atoms. The fourth-order valence-electron chi connectivity index (χ4n) is 3.26. The van der Waals surface area contributed by atoms with Crippen LogP contribution in [-0.2, 0) is 28.6 Å². The molecule has 2 amide bonds. The number of nitrogens with zero attached hydrogens (tertiary/aromatic N) is 4. The number of aromatic nitrogens is 4. The van der Waals surface area contributed by atoms with Gasteiger partial charge in [0.15, 0.2) is 0 Å². The van der Waals surface area contributed by atoms with Gasteiger partial charge in [0.1, 0.15) is 0 Å². The molecule has 0 aliphatic heterocycles. The summed E-state index contributed by atoms with van der Waals surface area (Å²) in [7, 11) is 0. The lowest BCUT2D eigenvalue weighted by Crippen LogP contribution is -2.35. The maximum atomic E-state index is 12.9. The Kier molecular flexibility index (Phi) is 7.06. The van der Waals surface area contributed by atoms with E-state index in [0.29, 0.717) is 23.5 Å². The van der Waals surface area contributed by atoms with Crippen LogP contribution in [0.3, 0.4) is 0 Å². The van der Waals surface area contributed by atoms with Crippen molar-refractivity contribution in [3.63, 3.8) is 0 Å². The minimum Gasteiger partial charge on any atom is -0.354 e. The van der Waals surface area contributed by atoms with Crippen molar-refractivity contribution in [1.82, 2.24) is 30.2 Å². The minimum absolute atomic E-state index is 0.119. The molecule has 0 aliphatic rings. The first-order valence-corrected chi connectivity index (χ1v) is 10.0. The fraction of sp³-hybridized carbons (Fsp3) is 0.381. The van der Waals surface area contributed by atoms with Crippen LogP contribution in [0, 0.1) is 13.8 Å². The van der Waals surface area contributed by atoms with Crippen LogP contribution < -0.4 is 10.6 Å². The Hall–Kier alpha value is -3.50. The lowest BCUT2D eigenvalue weighted by molar-refractivity contribution is -0.144. The van der Waals surface area contributed by atoms with Crippen molar-refractivity contribution in [2.45, 2.75) is 39.3 Å². The number of carbonyl (C=O) groups excluding carboxylic acids is 2. The van der Waals surface area contributed by atoms with Gasteiger partial charge < -0.3 is 10.6 Å². The average molecular weight is 448 g/mol. The Balaban J connectivity index is 1.48. The smallest absolute Gasteiger partial charge is 0.354 e. The van der Waals surface area contributed by atoms with E-state index >= 15 is 0 Å². The van der Waals surface area contributed by atoms with Gasteiger partial charge in [-0.05, 0) is 31.4 Å². The quantitative estimate of drug-likeness (QED) is 0.515. The van der Waals surface area contributed by atoms with Crippen molar-refractivity contribution in [2.24, 2.45) is 0 Å². The third kappa shape index (κ3) is 5.80. The van der Waals surface area contributed by atoms with Gasteiger partial charge in [0.2, 0.25) is 11.8 Å². The first-order valence-electron chi connectivity index (χ1n) is 10.0. The molecule has 0 saturated heterocycles. The zero-order valence-corrected chi connectivity index (χ0v) is 17.7. The van der Waals surface area contributed by atoms with Gasteiger partial charge in [-0.1, -0.05) is 30.3 Å². The zero-order chi connectivity index (χ0) is 23.3. The van der Waals surface area contributed by atoms with Gasteiger partial charge in [-0.3, -0.25) is 9.59 Å². The molecule has 0 fully saturated rings. The van der Waals surface area contributed by atoms with Gasteiger partial charge in [0.05, 0.1) is 6.42 Å². The fourth-order valence-corrected chi connectivity index (χ4v) is 3.26. The summed E-state index contributed by atoms with van der Waals surface area (Å²) in [5, 5.41) is 8.95. The number of hydrogen-bond acceptors (Lipinski definition) is 5. The molecule has 1 aromatic carbocycles. The summed E-state index contributed by atoms with van der Waals surface area (Å²) in [5.74, 6) is -1.76. The number of aryl methyl sites for hydroxylation is 2. The number of fused-ring (bicyclic) bond motifs is 1. The van der Waals surface area contributed by atoms with Crippen molar-refractivity contribution in [3.8, 4) is 0 Å². The normalized spacial score (nSPS) is 11.5. The molecule has 32 heavy (non-hydrogen) atoms. The second kappa shape index (κ2) is 9.75. The van der Waals surface area contributed by atoms with Gasteiger partial charge >= 0.3 is 6.18 Å². The van der Waals surface area contributed by atoms with E-state index in [2.05, 4.69) is 25.7 Å². The lowest BCUT2D eigenvalue weighted by Gasteiger charge is -2.11. The summed E-state index contributed by atoms with van der Waals surface area (Å²) in [4.78, 5) is 31.6. The molecule has 0 saturated carbocycles. The minimum atomic E-state index is -4.66. The highest BCUT2D eigenvalue weighted by atomic mass is 19.4. The molecule has 11 heteroatoms. The SMILES string of the molecule is Cc1nc2nc(C(F)(F)F)nn2c(C)c1CCC(=O)NCCNC(=O)Cc1ccccc1. The molecular weight excluding hydrogens is 425 g/mol. The van der Waals surface area contributed by atoms with Crippen LogP contribution in [0.25, 0.3) is 5.78 Å². The third-order valence-corrected chi connectivity index (χ3v) is 4.88. The molecule has 0 spiro atoms. The Labute approximate surface area is 182 Å². The summed E-state index contributed by atoms with van der Waals surface area (Å²) < 4.78 is 39.7. The molecule has 0 atom stereocenters. The Morgan fingerprint density at radius 1 is 1.00 bits per heavy atom. The van der Waals surface area contributed by atoms with Crippen molar-refractivity contribution < 1.29 is 22.8 Å². The van der Waals surface area contributed by atoms with E-state index in [-0.39, 0.29) is 43.4 Å². The molecular formula is C21H23F3N6O2. The van der Waals surface area contributed by atoms with Crippen LogP contribution in [0.5, 0.6) is 0 Å². The largest absolute Gasteiger partial charge is 0.453 e. The van der Waals surface area contributed by atoms with Gasteiger partial charge in [0.25, 0.3) is 11.6 Å². The first kappa shape index (κ1) is 23.2. The molecule has 2 aromatic heterocycles. The van der Waals surface area contributed by atoms with Gasteiger partial charge in [0, 0.05) is 30.9 Å². The molecule has 0 radical (unpaired) electrons. The zero-order valence-electron chi connectivity index (χ0n) is 17.7. The van der Waals surface area contributed by atoms with E-state index in [9.17, 15) is 22.8 Å². The summed E-state index contributed by atoms with van der Waals surface area (Å²) in [6.07, 6.45) is -3.99. The second-order valence-electron chi connectivity index (χ2n) is 7.27. The second-order valence-corrected chi connectivity index (χ2v) is 7.27. The highest BCUT2D eigenvalue weighted by molar-refractivity contribution is 5.79. The van der Waals surface area contributed by atoms with E-state index < -0.39 is 12.0 Å². The Morgan fingerprint density at radius 2 is 1.66 bits per heavy atom. The molecule has 170 valence electrons. The topological polar surface area (TPSA) is 101 Å². The van der Waals surface area contributed by atoms with Crippen LogP contribution in [0.2, 0.25) is 0 Å². The lowest BCUT2D eigenvalue weighted by atomic mass is 10.1. The van der Waals surface area contributed by atoms with E-state index in [0.717, 1.165) is 10.1 Å². The maximum absolute atomic E-state index is 12.9. The summed E-state index contributed by atoms with van der Waals surface area (Å²) in [6, 6.07) is 9.32. The number of amides is 2. The van der Waals surface area contributed by atoms with E-state index in [1.54, 1.807) is 13.8 Å². The average Bonchev–Trinajstić information content (AvgIpc) is 3.16. The highest BCUT2D eigenvalue weighted by Crippen LogP contribution is 2.27. The molecule has 3 aromatic rings. The first-order chi connectivity index (χ1) is 15.1. The third-order valence-electron chi connectivity index (χ3n) is 4.88. The molecule has 2 N–H and O–H groups in total. The predicted octanol–water partition coefficient (Wildman–Crippen LogP) is 2.17. The molecule has 8 nitrogen and oxygen atoms in total. The van der Waals surface area contributed by atoms with E-state index in [1.165, 1.54) is 0 Å². The number of hydrogen-bond donors (Lipinski definition) is 2. The molecule has 2 heterocycles. The van der Waals surface area contributed by atoms with Crippen molar-refractivity contribution in [2.75, 3.05) is 13.1 Å².